The fourth-order valence-corrected chi connectivity index (χ4v) is 2.84. The molecule has 0 atom stereocenters. The third-order valence-corrected chi connectivity index (χ3v) is 4.57. The number of carbonyl (C=O) groups is 3. The van der Waals surface area contributed by atoms with Gasteiger partial charge in [-0.2, -0.15) is 0 Å². The minimum Gasteiger partial charge on any atom is -0.484 e. The van der Waals surface area contributed by atoms with E-state index in [2.05, 4.69) is 10.6 Å². The molecule has 2 amide bonds. The van der Waals surface area contributed by atoms with Crippen molar-refractivity contribution in [2.75, 3.05) is 19.7 Å². The second kappa shape index (κ2) is 10.7. The van der Waals surface area contributed by atoms with Crippen molar-refractivity contribution in [3.05, 3.63) is 101 Å². The lowest BCUT2D eigenvalue weighted by Gasteiger charge is -2.09. The van der Waals surface area contributed by atoms with Crippen LogP contribution in [0, 0.1) is 6.92 Å². The molecule has 3 rings (SSSR count). The highest BCUT2D eigenvalue weighted by Crippen LogP contribution is 2.12. The van der Waals surface area contributed by atoms with Crippen molar-refractivity contribution in [3.8, 4) is 5.75 Å². The first-order chi connectivity index (χ1) is 15.0. The number of amides is 2. The van der Waals surface area contributed by atoms with Gasteiger partial charge in [0.1, 0.15) is 5.75 Å². The SMILES string of the molecule is Cc1ccc(OCC(=O)NCCNC(=O)c2ccc(C(=O)c3ccccc3)cc2)cc1. The molecule has 0 radical (unpaired) electrons. The van der Waals surface area contributed by atoms with Crippen LogP contribution in [-0.2, 0) is 4.79 Å². The Balaban J connectivity index is 1.39. The molecule has 31 heavy (non-hydrogen) atoms. The second-order valence-corrected chi connectivity index (χ2v) is 6.98. The van der Waals surface area contributed by atoms with Crippen molar-refractivity contribution in [2.24, 2.45) is 0 Å². The van der Waals surface area contributed by atoms with Gasteiger partial charge in [-0.1, -0.05) is 60.2 Å². The average Bonchev–Trinajstić information content (AvgIpc) is 2.81. The number of rotatable bonds is 9. The number of hydrogen-bond acceptors (Lipinski definition) is 4. The standard InChI is InChI=1S/C25H24N2O4/c1-18-7-13-22(14-8-18)31-17-23(28)26-15-16-27-25(30)21-11-9-20(10-12-21)24(29)19-5-3-2-4-6-19/h2-14H,15-17H2,1H3,(H,26,28)(H,27,30). The summed E-state index contributed by atoms with van der Waals surface area (Å²) in [6, 6.07) is 22.9. The largest absolute Gasteiger partial charge is 0.484 e. The lowest BCUT2D eigenvalue weighted by Crippen LogP contribution is -2.36. The predicted molar refractivity (Wildman–Crippen MR) is 118 cm³/mol. The quantitative estimate of drug-likeness (QED) is 0.415. The van der Waals surface area contributed by atoms with Crippen molar-refractivity contribution >= 4 is 17.6 Å². The maximum Gasteiger partial charge on any atom is 0.258 e. The highest BCUT2D eigenvalue weighted by atomic mass is 16.5. The van der Waals surface area contributed by atoms with Crippen molar-refractivity contribution in [1.29, 1.82) is 0 Å². The van der Waals surface area contributed by atoms with E-state index in [0.29, 0.717) is 22.4 Å². The molecule has 2 N–H and O–H groups in total. The zero-order chi connectivity index (χ0) is 22.1. The highest BCUT2D eigenvalue weighted by Gasteiger charge is 2.10. The van der Waals surface area contributed by atoms with E-state index >= 15 is 0 Å². The first kappa shape index (κ1) is 21.8. The number of benzene rings is 3. The van der Waals surface area contributed by atoms with Crippen LogP contribution in [0.1, 0.15) is 31.8 Å². The van der Waals surface area contributed by atoms with Gasteiger partial charge in [-0.3, -0.25) is 14.4 Å². The van der Waals surface area contributed by atoms with E-state index in [1.165, 1.54) is 0 Å². The van der Waals surface area contributed by atoms with E-state index in [1.54, 1.807) is 36.4 Å². The van der Waals surface area contributed by atoms with E-state index < -0.39 is 0 Å². The molecule has 6 heteroatoms. The fraction of sp³-hybridized carbons (Fsp3) is 0.160. The molecule has 0 fully saturated rings. The number of aryl methyl sites for hydroxylation is 1. The third kappa shape index (κ3) is 6.54. The fourth-order valence-electron chi connectivity index (χ4n) is 2.84. The van der Waals surface area contributed by atoms with Gasteiger partial charge in [0.15, 0.2) is 12.4 Å². The molecule has 3 aromatic carbocycles. The molecule has 0 aliphatic rings. The Morgan fingerprint density at radius 2 is 1.29 bits per heavy atom. The molecule has 0 aromatic heterocycles. The first-order valence-corrected chi connectivity index (χ1v) is 9.97. The van der Waals surface area contributed by atoms with Gasteiger partial charge in [-0.25, -0.2) is 0 Å². The predicted octanol–water partition coefficient (Wildman–Crippen LogP) is 3.15. The van der Waals surface area contributed by atoms with Crippen LogP contribution < -0.4 is 15.4 Å². The summed E-state index contributed by atoms with van der Waals surface area (Å²) >= 11 is 0. The Morgan fingerprint density at radius 3 is 1.97 bits per heavy atom. The van der Waals surface area contributed by atoms with E-state index in [0.717, 1.165) is 5.56 Å². The first-order valence-electron chi connectivity index (χ1n) is 9.97. The van der Waals surface area contributed by atoms with Gasteiger partial charge < -0.3 is 15.4 Å². The van der Waals surface area contributed by atoms with Crippen molar-refractivity contribution < 1.29 is 19.1 Å². The molecule has 0 aliphatic heterocycles. The maximum absolute atomic E-state index is 12.4. The highest BCUT2D eigenvalue weighted by molar-refractivity contribution is 6.09. The van der Waals surface area contributed by atoms with Gasteiger partial charge in [-0.05, 0) is 31.2 Å². The molecule has 3 aromatic rings. The summed E-state index contributed by atoms with van der Waals surface area (Å²) in [6.45, 7) is 2.45. The molecule has 0 bridgehead atoms. The van der Waals surface area contributed by atoms with Crippen molar-refractivity contribution in [2.45, 2.75) is 6.92 Å². The minimum absolute atomic E-state index is 0.0894. The Bertz CT molecular complexity index is 1030. The van der Waals surface area contributed by atoms with Gasteiger partial charge in [0.05, 0.1) is 0 Å². The Morgan fingerprint density at radius 1 is 0.710 bits per heavy atom. The monoisotopic (exact) mass is 416 g/mol. The zero-order valence-corrected chi connectivity index (χ0v) is 17.3. The molecule has 0 unspecified atom stereocenters. The topological polar surface area (TPSA) is 84.5 Å². The van der Waals surface area contributed by atoms with Gasteiger partial charge in [0.2, 0.25) is 0 Å². The molecule has 158 valence electrons. The molecular formula is C25H24N2O4. The summed E-state index contributed by atoms with van der Waals surface area (Å²) in [5.41, 5.74) is 2.68. The van der Waals surface area contributed by atoms with Crippen LogP contribution in [0.25, 0.3) is 0 Å². The van der Waals surface area contributed by atoms with E-state index in [9.17, 15) is 14.4 Å². The summed E-state index contributed by atoms with van der Waals surface area (Å²) in [6.07, 6.45) is 0. The summed E-state index contributed by atoms with van der Waals surface area (Å²) in [4.78, 5) is 36.5. The van der Waals surface area contributed by atoms with Crippen LogP contribution in [0.5, 0.6) is 5.75 Å². The Labute approximate surface area is 181 Å². The molecule has 0 saturated heterocycles. The molecule has 0 heterocycles. The van der Waals surface area contributed by atoms with Crippen LogP contribution in [-0.4, -0.2) is 37.3 Å². The van der Waals surface area contributed by atoms with Gasteiger partial charge in [0, 0.05) is 29.8 Å². The Hall–Kier alpha value is -3.93. The van der Waals surface area contributed by atoms with Crippen molar-refractivity contribution in [3.63, 3.8) is 0 Å². The summed E-state index contributed by atoms with van der Waals surface area (Å²) in [5, 5.41) is 5.43. The number of nitrogens with one attached hydrogen (secondary N) is 2. The lowest BCUT2D eigenvalue weighted by atomic mass is 10.0. The van der Waals surface area contributed by atoms with Crippen LogP contribution >= 0.6 is 0 Å². The summed E-state index contributed by atoms with van der Waals surface area (Å²) in [5.74, 6) is -0.00571. The average molecular weight is 416 g/mol. The van der Waals surface area contributed by atoms with Crippen molar-refractivity contribution in [1.82, 2.24) is 10.6 Å². The molecular weight excluding hydrogens is 392 g/mol. The van der Waals surface area contributed by atoms with E-state index in [1.807, 2.05) is 49.4 Å². The second-order valence-electron chi connectivity index (χ2n) is 6.98. The summed E-state index contributed by atoms with van der Waals surface area (Å²) in [7, 11) is 0. The zero-order valence-electron chi connectivity index (χ0n) is 17.3. The number of hydrogen-bond donors (Lipinski definition) is 2. The maximum atomic E-state index is 12.4. The molecule has 0 saturated carbocycles. The lowest BCUT2D eigenvalue weighted by molar-refractivity contribution is -0.123. The van der Waals surface area contributed by atoms with Crippen LogP contribution in [0.3, 0.4) is 0 Å². The summed E-state index contributed by atoms with van der Waals surface area (Å²) < 4.78 is 5.41. The molecule has 0 spiro atoms. The van der Waals surface area contributed by atoms with Crippen LogP contribution in [0.15, 0.2) is 78.9 Å². The Kier molecular flexibility index (Phi) is 7.54. The normalized spacial score (nSPS) is 10.2. The van der Waals surface area contributed by atoms with Gasteiger partial charge >= 0.3 is 0 Å². The number of ketones is 1. The number of carbonyl (C=O) groups excluding carboxylic acids is 3. The third-order valence-electron chi connectivity index (χ3n) is 4.57. The molecule has 6 nitrogen and oxygen atoms in total. The van der Waals surface area contributed by atoms with Crippen LogP contribution in [0.4, 0.5) is 0 Å². The van der Waals surface area contributed by atoms with Gasteiger partial charge in [-0.15, -0.1) is 0 Å². The van der Waals surface area contributed by atoms with Crippen LogP contribution in [0.2, 0.25) is 0 Å². The number of ether oxygens (including phenoxy) is 1. The molecule has 0 aliphatic carbocycles. The van der Waals surface area contributed by atoms with Gasteiger partial charge in [0.25, 0.3) is 11.8 Å². The van der Waals surface area contributed by atoms with E-state index in [-0.39, 0.29) is 37.3 Å². The van der Waals surface area contributed by atoms with E-state index in [4.69, 9.17) is 4.74 Å². The minimum atomic E-state index is -0.274. The smallest absolute Gasteiger partial charge is 0.258 e.